The van der Waals surface area contributed by atoms with Crippen molar-refractivity contribution in [3.05, 3.63) is 35.4 Å². The van der Waals surface area contributed by atoms with Crippen LogP contribution < -0.4 is 5.32 Å². The van der Waals surface area contributed by atoms with Crippen LogP contribution in [0.2, 0.25) is 0 Å². The van der Waals surface area contributed by atoms with Gasteiger partial charge in [-0.25, -0.2) is 0 Å². The van der Waals surface area contributed by atoms with Crippen molar-refractivity contribution in [1.82, 2.24) is 5.32 Å². The number of rotatable bonds is 1. The Hall–Kier alpha value is -1.15. The van der Waals surface area contributed by atoms with Gasteiger partial charge in [0.15, 0.2) is 0 Å². The molecule has 1 aliphatic heterocycles. The number of carbonyl (C=O) groups excluding carboxylic acids is 1. The molecule has 0 amide bonds. The van der Waals surface area contributed by atoms with Gasteiger partial charge >= 0.3 is 0 Å². The molecule has 0 bridgehead atoms. The lowest BCUT2D eigenvalue weighted by molar-refractivity contribution is -0.121. The van der Waals surface area contributed by atoms with Crippen LogP contribution in [0, 0.1) is 6.92 Å². The van der Waals surface area contributed by atoms with E-state index in [1.165, 1.54) is 5.56 Å². The molecule has 74 valence electrons. The molecule has 1 fully saturated rings. The van der Waals surface area contributed by atoms with Gasteiger partial charge < -0.3 is 5.32 Å². The van der Waals surface area contributed by atoms with E-state index in [1.54, 1.807) is 0 Å². The van der Waals surface area contributed by atoms with Crippen molar-refractivity contribution < 1.29 is 4.79 Å². The maximum atomic E-state index is 11.7. The summed E-state index contributed by atoms with van der Waals surface area (Å²) in [7, 11) is 0. The van der Waals surface area contributed by atoms with Gasteiger partial charge in [-0.1, -0.05) is 29.8 Å². The maximum absolute atomic E-state index is 11.7. The van der Waals surface area contributed by atoms with E-state index in [9.17, 15) is 4.79 Å². The number of nitrogens with one attached hydrogen (secondary N) is 1. The zero-order valence-electron chi connectivity index (χ0n) is 8.42. The molecule has 0 saturated carbocycles. The van der Waals surface area contributed by atoms with Gasteiger partial charge in [0, 0.05) is 19.5 Å². The third-order valence-corrected chi connectivity index (χ3v) is 2.73. The van der Waals surface area contributed by atoms with Crippen LogP contribution in [0.1, 0.15) is 23.5 Å². The molecule has 2 heteroatoms. The first-order valence-electron chi connectivity index (χ1n) is 5.07. The lowest BCUT2D eigenvalue weighted by Crippen LogP contribution is -2.35. The van der Waals surface area contributed by atoms with E-state index in [4.69, 9.17) is 0 Å². The van der Waals surface area contributed by atoms with Gasteiger partial charge in [0.05, 0.1) is 5.92 Å². The van der Waals surface area contributed by atoms with E-state index in [2.05, 4.69) is 24.4 Å². The zero-order chi connectivity index (χ0) is 9.97. The summed E-state index contributed by atoms with van der Waals surface area (Å²) in [5.74, 6) is 0.443. The second kappa shape index (κ2) is 3.93. The Morgan fingerprint density at radius 2 is 2.29 bits per heavy atom. The average molecular weight is 189 g/mol. The first kappa shape index (κ1) is 9.41. The lowest BCUT2D eigenvalue weighted by Gasteiger charge is -2.22. The number of carbonyl (C=O) groups is 1. The van der Waals surface area contributed by atoms with Gasteiger partial charge in [-0.3, -0.25) is 4.79 Å². The zero-order valence-corrected chi connectivity index (χ0v) is 8.42. The minimum atomic E-state index is 0.0728. The number of ketones is 1. The molecule has 0 aliphatic carbocycles. The monoisotopic (exact) mass is 189 g/mol. The van der Waals surface area contributed by atoms with Gasteiger partial charge in [0.1, 0.15) is 5.78 Å². The summed E-state index contributed by atoms with van der Waals surface area (Å²) in [6.07, 6.45) is 0.665. The van der Waals surface area contributed by atoms with Gasteiger partial charge in [0.2, 0.25) is 0 Å². The predicted molar refractivity (Wildman–Crippen MR) is 56.4 cm³/mol. The Labute approximate surface area is 84.3 Å². The average Bonchev–Trinajstić information content (AvgIpc) is 2.18. The topological polar surface area (TPSA) is 29.1 Å². The van der Waals surface area contributed by atoms with Crippen molar-refractivity contribution in [2.45, 2.75) is 19.3 Å². The molecule has 1 aliphatic rings. The van der Waals surface area contributed by atoms with E-state index < -0.39 is 0 Å². The Morgan fingerprint density at radius 1 is 1.43 bits per heavy atom. The van der Waals surface area contributed by atoms with Crippen LogP contribution in [0.4, 0.5) is 0 Å². The lowest BCUT2D eigenvalue weighted by atomic mass is 9.90. The summed E-state index contributed by atoms with van der Waals surface area (Å²) >= 11 is 0. The third-order valence-electron chi connectivity index (χ3n) is 2.73. The summed E-state index contributed by atoms with van der Waals surface area (Å²) in [5, 5.41) is 3.26. The van der Waals surface area contributed by atoms with Gasteiger partial charge in [-0.2, -0.15) is 0 Å². The second-order valence-electron chi connectivity index (χ2n) is 3.89. The Bertz CT molecular complexity index is 346. The van der Waals surface area contributed by atoms with Crippen molar-refractivity contribution in [2.75, 3.05) is 13.1 Å². The highest BCUT2D eigenvalue weighted by Crippen LogP contribution is 2.20. The normalized spacial score (nSPS) is 22.4. The minimum absolute atomic E-state index is 0.0728. The number of Topliss-reactive ketones (excluding diaryl/α,β-unsaturated/α-hetero) is 1. The highest BCUT2D eigenvalue weighted by atomic mass is 16.1. The molecule has 2 nitrogen and oxygen atoms in total. The highest BCUT2D eigenvalue weighted by Gasteiger charge is 2.23. The summed E-state index contributed by atoms with van der Waals surface area (Å²) in [5.41, 5.74) is 2.38. The van der Waals surface area contributed by atoms with Crippen LogP contribution >= 0.6 is 0 Å². The van der Waals surface area contributed by atoms with Crippen LogP contribution in [0.3, 0.4) is 0 Å². The summed E-state index contributed by atoms with van der Waals surface area (Å²) in [6.45, 7) is 3.69. The Kier molecular flexibility index (Phi) is 2.64. The van der Waals surface area contributed by atoms with E-state index in [0.717, 1.165) is 18.7 Å². The molecule has 0 aromatic heterocycles. The highest BCUT2D eigenvalue weighted by molar-refractivity contribution is 5.86. The summed E-state index contributed by atoms with van der Waals surface area (Å²) in [4.78, 5) is 11.7. The number of hydrogen-bond acceptors (Lipinski definition) is 2. The van der Waals surface area contributed by atoms with Crippen molar-refractivity contribution in [3.63, 3.8) is 0 Å². The van der Waals surface area contributed by atoms with E-state index >= 15 is 0 Å². The largest absolute Gasteiger partial charge is 0.315 e. The molecule has 1 aromatic rings. The van der Waals surface area contributed by atoms with E-state index in [1.807, 2.05) is 12.1 Å². The smallest absolute Gasteiger partial charge is 0.142 e. The molecule has 1 saturated heterocycles. The maximum Gasteiger partial charge on any atom is 0.142 e. The third kappa shape index (κ3) is 1.85. The van der Waals surface area contributed by atoms with E-state index in [0.29, 0.717) is 12.2 Å². The molecular formula is C12H15NO. The van der Waals surface area contributed by atoms with Crippen molar-refractivity contribution in [3.8, 4) is 0 Å². The number of hydrogen-bond donors (Lipinski definition) is 1. The number of aryl methyl sites for hydroxylation is 1. The summed E-state index contributed by atoms with van der Waals surface area (Å²) in [6, 6.07) is 8.23. The fourth-order valence-corrected chi connectivity index (χ4v) is 1.94. The molecule has 1 atom stereocenters. The Morgan fingerprint density at radius 3 is 3.00 bits per heavy atom. The fraction of sp³-hybridized carbons (Fsp3) is 0.417. The van der Waals surface area contributed by atoms with Gasteiger partial charge in [0.25, 0.3) is 0 Å². The van der Waals surface area contributed by atoms with Gasteiger partial charge in [-0.05, 0) is 12.5 Å². The van der Waals surface area contributed by atoms with Crippen LogP contribution in [-0.4, -0.2) is 18.9 Å². The fourth-order valence-electron chi connectivity index (χ4n) is 1.94. The van der Waals surface area contributed by atoms with Crippen LogP contribution in [-0.2, 0) is 4.79 Å². The first-order valence-corrected chi connectivity index (χ1v) is 5.07. The summed E-state index contributed by atoms with van der Waals surface area (Å²) < 4.78 is 0. The molecule has 1 aromatic carbocycles. The molecule has 2 rings (SSSR count). The van der Waals surface area contributed by atoms with Crippen molar-refractivity contribution in [1.29, 1.82) is 0 Å². The molecule has 1 heterocycles. The molecule has 0 spiro atoms. The quantitative estimate of drug-likeness (QED) is 0.727. The minimum Gasteiger partial charge on any atom is -0.315 e. The molecular weight excluding hydrogens is 174 g/mol. The van der Waals surface area contributed by atoms with Crippen LogP contribution in [0.5, 0.6) is 0 Å². The van der Waals surface area contributed by atoms with Gasteiger partial charge in [-0.15, -0.1) is 0 Å². The van der Waals surface area contributed by atoms with Crippen molar-refractivity contribution in [2.24, 2.45) is 0 Å². The molecule has 14 heavy (non-hydrogen) atoms. The first-order chi connectivity index (χ1) is 6.77. The Balaban J connectivity index is 2.24. The van der Waals surface area contributed by atoms with Crippen LogP contribution in [0.15, 0.2) is 24.3 Å². The molecule has 1 unspecified atom stereocenters. The van der Waals surface area contributed by atoms with E-state index in [-0.39, 0.29) is 5.92 Å². The van der Waals surface area contributed by atoms with Crippen molar-refractivity contribution >= 4 is 5.78 Å². The number of piperidine rings is 1. The molecule has 0 radical (unpaired) electrons. The SMILES string of the molecule is Cc1cccc(C2CNCCC2=O)c1. The second-order valence-corrected chi connectivity index (χ2v) is 3.89. The molecule has 1 N–H and O–H groups in total. The standard InChI is InChI=1S/C12H15NO/c1-9-3-2-4-10(7-9)11-8-13-6-5-12(11)14/h2-4,7,11,13H,5-6,8H2,1H3. The predicted octanol–water partition coefficient (Wildman–Crippen LogP) is 1.64. The van der Waals surface area contributed by atoms with Crippen LogP contribution in [0.25, 0.3) is 0 Å². The number of benzene rings is 1.